The van der Waals surface area contributed by atoms with Gasteiger partial charge in [-0.25, -0.2) is 14.6 Å². The second kappa shape index (κ2) is 14.9. The summed E-state index contributed by atoms with van der Waals surface area (Å²) in [4.78, 5) is 42.2. The number of hydrogen-bond acceptors (Lipinski definition) is 10. The summed E-state index contributed by atoms with van der Waals surface area (Å²) < 4.78 is 20.7. The van der Waals surface area contributed by atoms with Crippen molar-refractivity contribution in [1.29, 1.82) is 0 Å². The molecule has 0 bridgehead atoms. The number of rotatable bonds is 11. The van der Waals surface area contributed by atoms with Gasteiger partial charge in [0.25, 0.3) is 0 Å². The zero-order chi connectivity index (χ0) is 34.5. The van der Waals surface area contributed by atoms with Crippen molar-refractivity contribution in [3.8, 4) is 0 Å². The molecule has 3 heterocycles. The number of anilines is 1. The minimum Gasteiger partial charge on any atom is -0.459 e. The van der Waals surface area contributed by atoms with Gasteiger partial charge in [0.1, 0.15) is 18.2 Å². The Morgan fingerprint density at radius 2 is 1.32 bits per heavy atom. The van der Waals surface area contributed by atoms with Gasteiger partial charge in [-0.2, -0.15) is 9.97 Å². The average molecular weight is 689 g/mol. The fraction of sp³-hybridized carbons (Fsp3) is 0.184. The highest BCUT2D eigenvalue weighted by molar-refractivity contribution is 6.33. The third-order valence-electron chi connectivity index (χ3n) is 8.50. The van der Waals surface area contributed by atoms with Crippen LogP contribution in [0.5, 0.6) is 0 Å². The molecule has 4 atom stereocenters. The van der Waals surface area contributed by atoms with Crippen LogP contribution in [0.3, 0.4) is 0 Å². The number of aromatic nitrogens is 4. The number of hydrogen-bond donors (Lipinski definition) is 1. The minimum atomic E-state index is -0.975. The molecule has 2 unspecified atom stereocenters. The Bertz CT molecular complexity index is 2030. The van der Waals surface area contributed by atoms with Crippen molar-refractivity contribution in [3.05, 3.63) is 155 Å². The normalized spacial score (nSPS) is 18.7. The van der Waals surface area contributed by atoms with Crippen LogP contribution in [0.4, 0.5) is 5.95 Å². The molecule has 4 aromatic carbocycles. The van der Waals surface area contributed by atoms with Crippen molar-refractivity contribution in [1.82, 2.24) is 24.4 Å². The molecule has 0 spiro atoms. The van der Waals surface area contributed by atoms with E-state index < -0.39 is 36.4 Å². The molecule has 252 valence electrons. The minimum absolute atomic E-state index is 0.0558. The molecular weight excluding hydrogens is 656 g/mol. The van der Waals surface area contributed by atoms with E-state index in [1.165, 1.54) is 6.33 Å². The highest BCUT2D eigenvalue weighted by Crippen LogP contribution is 2.39. The van der Waals surface area contributed by atoms with Crippen molar-refractivity contribution in [2.75, 3.05) is 12.3 Å². The van der Waals surface area contributed by atoms with Crippen LogP contribution in [-0.4, -0.2) is 61.2 Å². The van der Waals surface area contributed by atoms with E-state index in [2.05, 4.69) is 19.9 Å². The van der Waals surface area contributed by atoms with E-state index >= 15 is 0 Å². The molecule has 2 N–H and O–H groups in total. The van der Waals surface area contributed by atoms with Gasteiger partial charge in [-0.3, -0.25) is 9.47 Å². The van der Waals surface area contributed by atoms with E-state index in [4.69, 9.17) is 31.5 Å². The highest BCUT2D eigenvalue weighted by Gasteiger charge is 2.52. The lowest BCUT2D eigenvalue weighted by atomic mass is 10.0. The zero-order valence-corrected chi connectivity index (χ0v) is 27.5. The number of nitrogen functional groups attached to an aromatic ring is 1. The summed E-state index contributed by atoms with van der Waals surface area (Å²) in [5.41, 5.74) is 9.44. The number of benzene rings is 4. The maximum absolute atomic E-state index is 13.9. The van der Waals surface area contributed by atoms with Crippen molar-refractivity contribution in [2.45, 2.75) is 37.6 Å². The largest absolute Gasteiger partial charge is 0.459 e. The highest BCUT2D eigenvalue weighted by atomic mass is 35.5. The third kappa shape index (κ3) is 7.20. The van der Waals surface area contributed by atoms with Crippen molar-refractivity contribution < 1.29 is 23.8 Å². The number of carbonyl (C=O) groups is 2. The molecule has 6 aromatic rings. The first kappa shape index (κ1) is 32.9. The monoisotopic (exact) mass is 688 g/mol. The Labute approximate surface area is 293 Å². The van der Waals surface area contributed by atoms with Gasteiger partial charge in [-0.15, -0.1) is 0 Å². The first-order valence-electron chi connectivity index (χ1n) is 16.1. The maximum Gasteiger partial charge on any atom is 0.338 e. The van der Waals surface area contributed by atoms with E-state index in [0.29, 0.717) is 35.4 Å². The molecule has 0 amide bonds. The molecule has 1 saturated heterocycles. The number of nitrogens with zero attached hydrogens (tertiary/aromatic N) is 5. The summed E-state index contributed by atoms with van der Waals surface area (Å²) in [5.74, 6) is -1.11. The van der Waals surface area contributed by atoms with E-state index in [1.54, 1.807) is 53.1 Å². The predicted molar refractivity (Wildman–Crippen MR) is 187 cm³/mol. The molecule has 11 nitrogen and oxygen atoms in total. The molecule has 0 saturated carbocycles. The van der Waals surface area contributed by atoms with E-state index in [9.17, 15) is 9.59 Å². The summed E-state index contributed by atoms with van der Waals surface area (Å²) in [6, 6.07) is 36.8. The van der Waals surface area contributed by atoms with Crippen LogP contribution in [0, 0.1) is 0 Å². The van der Waals surface area contributed by atoms with E-state index in [0.717, 1.165) is 11.1 Å². The van der Waals surface area contributed by atoms with Gasteiger partial charge in [0.15, 0.2) is 23.1 Å². The number of ether oxygens (including phenoxy) is 3. The molecule has 1 fully saturated rings. The zero-order valence-electron chi connectivity index (χ0n) is 26.8. The van der Waals surface area contributed by atoms with Crippen LogP contribution < -0.4 is 5.73 Å². The van der Waals surface area contributed by atoms with Gasteiger partial charge >= 0.3 is 11.9 Å². The van der Waals surface area contributed by atoms with Crippen LogP contribution in [-0.2, 0) is 27.3 Å². The molecule has 1 aliphatic rings. The van der Waals surface area contributed by atoms with Gasteiger partial charge < -0.3 is 19.9 Å². The summed E-state index contributed by atoms with van der Waals surface area (Å²) >= 11 is 6.42. The summed E-state index contributed by atoms with van der Waals surface area (Å²) in [5, 5.41) is 0.0711. The number of esters is 2. The SMILES string of the molecule is Nc1nc(Cl)c2ncn([C@@H]3O[C@H](COC(=O)c4ccccc4)C(N(Cc4ccccc4)Cc4ccccc4)C3OC(=O)c3ccccc3)c2n1. The molecule has 12 heteroatoms. The number of carbonyl (C=O) groups excluding carboxylic acids is 2. The topological polar surface area (TPSA) is 135 Å². The number of halogens is 1. The van der Waals surface area contributed by atoms with Crippen LogP contribution in [0.15, 0.2) is 128 Å². The van der Waals surface area contributed by atoms with Crippen LogP contribution in [0.2, 0.25) is 5.15 Å². The summed E-state index contributed by atoms with van der Waals surface area (Å²) in [6.45, 7) is 0.786. The lowest BCUT2D eigenvalue weighted by Gasteiger charge is -2.35. The fourth-order valence-electron chi connectivity index (χ4n) is 6.22. The third-order valence-corrected chi connectivity index (χ3v) is 8.77. The van der Waals surface area contributed by atoms with Crippen molar-refractivity contribution in [3.63, 3.8) is 0 Å². The first-order valence-corrected chi connectivity index (χ1v) is 16.4. The van der Waals surface area contributed by atoms with Crippen LogP contribution >= 0.6 is 11.6 Å². The molecule has 0 radical (unpaired) electrons. The lowest BCUT2D eigenvalue weighted by molar-refractivity contribution is -0.0598. The predicted octanol–water partition coefficient (Wildman–Crippen LogP) is 6.11. The average Bonchev–Trinajstić information content (AvgIpc) is 3.73. The molecule has 1 aliphatic heterocycles. The Morgan fingerprint density at radius 1 is 0.780 bits per heavy atom. The van der Waals surface area contributed by atoms with Gasteiger partial charge in [0.2, 0.25) is 5.95 Å². The Balaban J connectivity index is 1.34. The van der Waals surface area contributed by atoms with Gasteiger partial charge in [0.05, 0.1) is 23.5 Å². The fourth-order valence-corrected chi connectivity index (χ4v) is 6.44. The molecule has 50 heavy (non-hydrogen) atoms. The Morgan fingerprint density at radius 3 is 1.90 bits per heavy atom. The maximum atomic E-state index is 13.9. The summed E-state index contributed by atoms with van der Waals surface area (Å²) in [7, 11) is 0. The number of imidazole rings is 1. The smallest absolute Gasteiger partial charge is 0.338 e. The number of fused-ring (bicyclic) bond motifs is 1. The molecule has 2 aromatic heterocycles. The Hall–Kier alpha value is -5.62. The van der Waals surface area contributed by atoms with Gasteiger partial charge in [-0.1, -0.05) is 109 Å². The van der Waals surface area contributed by atoms with Gasteiger partial charge in [0, 0.05) is 13.1 Å². The van der Waals surface area contributed by atoms with Crippen LogP contribution in [0.25, 0.3) is 11.2 Å². The lowest BCUT2D eigenvalue weighted by Crippen LogP contribution is -2.49. The molecule has 7 rings (SSSR count). The second-order valence-corrected chi connectivity index (χ2v) is 12.2. The van der Waals surface area contributed by atoms with Crippen molar-refractivity contribution in [2.24, 2.45) is 0 Å². The van der Waals surface area contributed by atoms with E-state index in [1.807, 2.05) is 72.8 Å². The summed E-state index contributed by atoms with van der Waals surface area (Å²) in [6.07, 6.45) is -1.20. The quantitative estimate of drug-likeness (QED) is 0.125. The van der Waals surface area contributed by atoms with E-state index in [-0.39, 0.29) is 17.7 Å². The first-order chi connectivity index (χ1) is 24.4. The van der Waals surface area contributed by atoms with Crippen LogP contribution in [0.1, 0.15) is 38.1 Å². The standard InChI is InChI=1S/C38H33ClN6O5/c39-33-30-34(43-38(40)42-33)45(24-41-30)35-32(50-37(47)28-19-11-4-12-20-28)31(29(49-35)23-48-36(46)27-17-9-3-10-18-27)44(21-25-13-5-1-6-14-25)22-26-15-7-2-8-16-26/h1-20,24,29,31-32,35H,21-23H2,(H2,40,42,43)/t29-,31?,32?,35-/m1/s1. The Kier molecular flexibility index (Phi) is 9.79. The molecular formula is C38H33ClN6O5. The van der Waals surface area contributed by atoms with Crippen molar-refractivity contribution >= 4 is 40.7 Å². The van der Waals surface area contributed by atoms with Gasteiger partial charge in [-0.05, 0) is 35.4 Å². The number of nitrogens with two attached hydrogens (primary N) is 1. The molecule has 0 aliphatic carbocycles. The second-order valence-electron chi connectivity index (χ2n) is 11.8.